The zero-order valence-corrected chi connectivity index (χ0v) is 11.0. The van der Waals surface area contributed by atoms with Crippen molar-refractivity contribution in [2.45, 2.75) is 38.8 Å². The second kappa shape index (κ2) is 6.17. The first-order valence-electron chi connectivity index (χ1n) is 6.68. The van der Waals surface area contributed by atoms with Crippen LogP contribution in [0, 0.1) is 0 Å². The molecule has 0 bridgehead atoms. The van der Waals surface area contributed by atoms with E-state index >= 15 is 0 Å². The largest absolute Gasteiger partial charge is 0.311 e. The highest BCUT2D eigenvalue weighted by molar-refractivity contribution is 5.02. The maximum atomic E-state index is 4.17. The molecule has 1 saturated heterocycles. The molecule has 1 aromatic rings. The smallest absolute Gasteiger partial charge is 0.0534 e. The summed E-state index contributed by atoms with van der Waals surface area (Å²) in [6.45, 7) is 6.86. The van der Waals surface area contributed by atoms with Gasteiger partial charge in [-0.05, 0) is 32.9 Å². The van der Waals surface area contributed by atoms with Crippen LogP contribution in [0.3, 0.4) is 0 Å². The van der Waals surface area contributed by atoms with Gasteiger partial charge in [-0.25, -0.2) is 0 Å². The number of hydrogen-bond donors (Lipinski definition) is 1. The topological polar surface area (TPSA) is 33.1 Å². The van der Waals surface area contributed by atoms with E-state index in [1.807, 2.05) is 17.9 Å². The minimum atomic E-state index is 0.645. The first-order chi connectivity index (χ1) is 8.25. The average Bonchev–Trinajstić information content (AvgIpc) is 2.76. The first-order valence-corrected chi connectivity index (χ1v) is 6.68. The quantitative estimate of drug-likeness (QED) is 0.838. The van der Waals surface area contributed by atoms with Gasteiger partial charge in [0.15, 0.2) is 0 Å². The second-order valence-electron chi connectivity index (χ2n) is 5.10. The third-order valence-corrected chi connectivity index (χ3v) is 3.54. The number of rotatable bonds is 5. The molecule has 0 radical (unpaired) electrons. The van der Waals surface area contributed by atoms with Crippen molar-refractivity contribution < 1.29 is 0 Å². The van der Waals surface area contributed by atoms with E-state index in [4.69, 9.17) is 0 Å². The molecule has 2 heterocycles. The van der Waals surface area contributed by atoms with Crippen LogP contribution >= 0.6 is 0 Å². The lowest BCUT2D eigenvalue weighted by atomic mass is 10.1. The van der Waals surface area contributed by atoms with E-state index in [0.717, 1.165) is 13.1 Å². The minimum Gasteiger partial charge on any atom is -0.311 e. The zero-order chi connectivity index (χ0) is 12.1. The van der Waals surface area contributed by atoms with Gasteiger partial charge in [0.1, 0.15) is 0 Å². The van der Waals surface area contributed by atoms with Crippen LogP contribution in [0.15, 0.2) is 12.4 Å². The molecule has 1 N–H and O–H groups in total. The Balaban J connectivity index is 1.67. The molecular formula is C13H24N4. The number of aryl methyl sites for hydroxylation is 1. The molecule has 4 nitrogen and oxygen atoms in total. The van der Waals surface area contributed by atoms with Gasteiger partial charge >= 0.3 is 0 Å². The van der Waals surface area contributed by atoms with Crippen molar-refractivity contribution in [3.05, 3.63) is 18.0 Å². The summed E-state index contributed by atoms with van der Waals surface area (Å²) < 4.78 is 1.85. The van der Waals surface area contributed by atoms with Gasteiger partial charge < -0.3 is 5.32 Å². The molecule has 2 rings (SSSR count). The van der Waals surface area contributed by atoms with Gasteiger partial charge in [-0.1, -0.05) is 6.42 Å². The summed E-state index contributed by atoms with van der Waals surface area (Å²) in [5.41, 5.74) is 1.26. The lowest BCUT2D eigenvalue weighted by Crippen LogP contribution is -2.42. The molecule has 1 aliphatic heterocycles. The molecule has 96 valence electrons. The van der Waals surface area contributed by atoms with E-state index in [2.05, 4.69) is 28.4 Å². The molecule has 1 fully saturated rings. The van der Waals surface area contributed by atoms with Crippen LogP contribution in [-0.4, -0.2) is 40.4 Å². The Morgan fingerprint density at radius 2 is 2.12 bits per heavy atom. The van der Waals surface area contributed by atoms with Crippen molar-refractivity contribution in [1.82, 2.24) is 20.0 Å². The standard InChI is InChI=1S/C13H24N4/c1-12(17-6-4-3-5-7-17)8-14-9-13-10-15-16(2)11-13/h10-12,14H,3-9H2,1-2H3. The van der Waals surface area contributed by atoms with Crippen molar-refractivity contribution in [2.75, 3.05) is 19.6 Å². The lowest BCUT2D eigenvalue weighted by molar-refractivity contribution is 0.170. The van der Waals surface area contributed by atoms with Crippen molar-refractivity contribution >= 4 is 0 Å². The Morgan fingerprint density at radius 3 is 2.76 bits per heavy atom. The fourth-order valence-corrected chi connectivity index (χ4v) is 2.48. The van der Waals surface area contributed by atoms with E-state index in [1.54, 1.807) is 0 Å². The molecule has 1 aliphatic rings. The van der Waals surface area contributed by atoms with E-state index < -0.39 is 0 Å². The molecule has 1 atom stereocenters. The molecular weight excluding hydrogens is 212 g/mol. The van der Waals surface area contributed by atoms with Gasteiger partial charge in [0.05, 0.1) is 6.20 Å². The second-order valence-corrected chi connectivity index (χ2v) is 5.10. The molecule has 0 aliphatic carbocycles. The third-order valence-electron chi connectivity index (χ3n) is 3.54. The number of hydrogen-bond acceptors (Lipinski definition) is 3. The number of piperidine rings is 1. The highest BCUT2D eigenvalue weighted by Gasteiger charge is 2.15. The predicted molar refractivity (Wildman–Crippen MR) is 69.8 cm³/mol. The monoisotopic (exact) mass is 236 g/mol. The van der Waals surface area contributed by atoms with Gasteiger partial charge in [0.2, 0.25) is 0 Å². The van der Waals surface area contributed by atoms with E-state index in [0.29, 0.717) is 6.04 Å². The summed E-state index contributed by atoms with van der Waals surface area (Å²) in [5.74, 6) is 0. The van der Waals surface area contributed by atoms with Crippen LogP contribution in [0.4, 0.5) is 0 Å². The molecule has 17 heavy (non-hydrogen) atoms. The van der Waals surface area contributed by atoms with Gasteiger partial charge in [-0.2, -0.15) is 5.10 Å². The Kier molecular flexibility index (Phi) is 4.57. The summed E-state index contributed by atoms with van der Waals surface area (Å²) in [6, 6.07) is 0.645. The van der Waals surface area contributed by atoms with E-state index in [1.165, 1.54) is 37.9 Å². The lowest BCUT2D eigenvalue weighted by Gasteiger charge is -2.32. The number of likely N-dealkylation sites (tertiary alicyclic amines) is 1. The normalized spacial score (nSPS) is 19.4. The van der Waals surface area contributed by atoms with E-state index in [-0.39, 0.29) is 0 Å². The number of nitrogens with zero attached hydrogens (tertiary/aromatic N) is 3. The van der Waals surface area contributed by atoms with E-state index in [9.17, 15) is 0 Å². The maximum absolute atomic E-state index is 4.17. The maximum Gasteiger partial charge on any atom is 0.0534 e. The number of aromatic nitrogens is 2. The Labute approximate surface area is 104 Å². The first kappa shape index (κ1) is 12.6. The zero-order valence-electron chi connectivity index (χ0n) is 11.0. The highest BCUT2D eigenvalue weighted by atomic mass is 15.2. The molecule has 0 aromatic carbocycles. The van der Waals surface area contributed by atoms with Crippen molar-refractivity contribution in [3.8, 4) is 0 Å². The molecule has 0 amide bonds. The summed E-state index contributed by atoms with van der Waals surface area (Å²) in [7, 11) is 1.96. The highest BCUT2D eigenvalue weighted by Crippen LogP contribution is 2.11. The van der Waals surface area contributed by atoms with Crippen LogP contribution in [-0.2, 0) is 13.6 Å². The molecule has 1 aromatic heterocycles. The van der Waals surface area contributed by atoms with Crippen LogP contribution < -0.4 is 5.32 Å². The van der Waals surface area contributed by atoms with Gasteiger partial charge in [0.25, 0.3) is 0 Å². The summed E-state index contributed by atoms with van der Waals surface area (Å²) in [5, 5.41) is 7.69. The van der Waals surface area contributed by atoms with Gasteiger partial charge in [-0.15, -0.1) is 0 Å². The molecule has 0 spiro atoms. The Morgan fingerprint density at radius 1 is 1.35 bits per heavy atom. The van der Waals surface area contributed by atoms with Crippen LogP contribution in [0.5, 0.6) is 0 Å². The average molecular weight is 236 g/mol. The summed E-state index contributed by atoms with van der Waals surface area (Å²) >= 11 is 0. The van der Waals surface area contributed by atoms with Crippen LogP contribution in [0.2, 0.25) is 0 Å². The number of nitrogens with one attached hydrogen (secondary N) is 1. The van der Waals surface area contributed by atoms with Crippen LogP contribution in [0.1, 0.15) is 31.7 Å². The van der Waals surface area contributed by atoms with Crippen LogP contribution in [0.25, 0.3) is 0 Å². The Bertz CT molecular complexity index is 328. The molecule has 1 unspecified atom stereocenters. The minimum absolute atomic E-state index is 0.645. The van der Waals surface area contributed by atoms with Gasteiger partial charge in [-0.3, -0.25) is 9.58 Å². The molecule has 4 heteroatoms. The van der Waals surface area contributed by atoms with Gasteiger partial charge in [0, 0.05) is 37.9 Å². The van der Waals surface area contributed by atoms with Crippen molar-refractivity contribution in [1.29, 1.82) is 0 Å². The third kappa shape index (κ3) is 3.82. The SMILES string of the molecule is CC(CNCc1cnn(C)c1)N1CCCCC1. The predicted octanol–water partition coefficient (Wildman–Crippen LogP) is 1.38. The molecule has 0 saturated carbocycles. The summed E-state index contributed by atoms with van der Waals surface area (Å²) in [4.78, 5) is 2.60. The fraction of sp³-hybridized carbons (Fsp3) is 0.769. The summed E-state index contributed by atoms with van der Waals surface area (Å²) in [6.07, 6.45) is 8.14. The van der Waals surface area contributed by atoms with Crippen molar-refractivity contribution in [3.63, 3.8) is 0 Å². The van der Waals surface area contributed by atoms with Crippen molar-refractivity contribution in [2.24, 2.45) is 7.05 Å². The fourth-order valence-electron chi connectivity index (χ4n) is 2.48. The Hall–Kier alpha value is -0.870.